The van der Waals surface area contributed by atoms with Crippen molar-refractivity contribution >= 4 is 23.4 Å². The Labute approximate surface area is 60.3 Å². The lowest BCUT2D eigenvalue weighted by atomic mass is 10.3. The van der Waals surface area contributed by atoms with Gasteiger partial charge in [-0.3, -0.25) is 0 Å². The molecule has 0 spiro atoms. The predicted octanol–water partition coefficient (Wildman–Crippen LogP) is 2.53. The summed E-state index contributed by atoms with van der Waals surface area (Å²) in [6, 6.07) is 0. The van der Waals surface area contributed by atoms with Gasteiger partial charge in [-0.2, -0.15) is 11.8 Å². The van der Waals surface area contributed by atoms with Gasteiger partial charge in [-0.1, -0.05) is 11.6 Å². The van der Waals surface area contributed by atoms with Crippen molar-refractivity contribution in [2.75, 3.05) is 17.9 Å². The quantitative estimate of drug-likeness (QED) is 0.440. The first-order chi connectivity index (χ1) is 3.81. The highest BCUT2D eigenvalue weighted by Gasteiger charge is 1.83. The van der Waals surface area contributed by atoms with E-state index in [9.17, 15) is 0 Å². The van der Waals surface area contributed by atoms with Gasteiger partial charge in [0.25, 0.3) is 0 Å². The smallest absolute Gasteiger partial charge is 0.0406 e. The summed E-state index contributed by atoms with van der Waals surface area (Å²) in [4.78, 5) is 0. The van der Waals surface area contributed by atoms with E-state index in [2.05, 4.69) is 13.2 Å². The van der Waals surface area contributed by atoms with Crippen LogP contribution in [0.4, 0.5) is 0 Å². The highest BCUT2D eigenvalue weighted by molar-refractivity contribution is 7.98. The number of thioether (sulfide) groups is 1. The van der Waals surface area contributed by atoms with Crippen LogP contribution in [0.5, 0.6) is 0 Å². The first kappa shape index (κ1) is 8.38. The van der Waals surface area contributed by atoms with Gasteiger partial charge in [0.15, 0.2) is 0 Å². The van der Waals surface area contributed by atoms with Crippen molar-refractivity contribution < 1.29 is 0 Å². The Kier molecular flexibility index (Phi) is 5.78. The van der Waals surface area contributed by atoms with Crippen molar-refractivity contribution in [2.45, 2.75) is 6.92 Å². The molecule has 2 heteroatoms. The number of halogens is 1. The van der Waals surface area contributed by atoms with Crippen LogP contribution in [0, 0.1) is 0 Å². The number of allylic oxidation sites excluding steroid dienone is 1. The minimum Gasteiger partial charge on any atom is -0.161 e. The van der Waals surface area contributed by atoms with Crippen molar-refractivity contribution in [1.29, 1.82) is 0 Å². The summed E-state index contributed by atoms with van der Waals surface area (Å²) in [5.41, 5.74) is 1.37. The lowest BCUT2D eigenvalue weighted by Gasteiger charge is -1.92. The van der Waals surface area contributed by atoms with Crippen LogP contribution < -0.4 is 0 Å². The van der Waals surface area contributed by atoms with Crippen molar-refractivity contribution in [3.63, 3.8) is 0 Å². The standard InChI is InChI=1S/C6H11ClS/c1-6(3-4-7)5-8-2/h3H,4-5H2,1-2H3/b6-3+. The molecule has 0 fully saturated rings. The molecule has 0 aliphatic carbocycles. The van der Waals surface area contributed by atoms with Gasteiger partial charge in [0.1, 0.15) is 0 Å². The molecule has 0 aromatic rings. The largest absolute Gasteiger partial charge is 0.161 e. The molecule has 8 heavy (non-hydrogen) atoms. The highest BCUT2D eigenvalue weighted by Crippen LogP contribution is 2.02. The maximum atomic E-state index is 5.45. The topological polar surface area (TPSA) is 0 Å². The van der Waals surface area contributed by atoms with Crippen molar-refractivity contribution in [3.8, 4) is 0 Å². The molecule has 0 aliphatic rings. The maximum absolute atomic E-state index is 5.45. The molecule has 0 aliphatic heterocycles. The fourth-order valence-corrected chi connectivity index (χ4v) is 1.25. The molecule has 0 aromatic heterocycles. The fraction of sp³-hybridized carbons (Fsp3) is 0.667. The Balaban J connectivity index is 3.29. The first-order valence-electron chi connectivity index (χ1n) is 2.51. The summed E-state index contributed by atoms with van der Waals surface area (Å²) in [7, 11) is 0. The summed E-state index contributed by atoms with van der Waals surface area (Å²) < 4.78 is 0. The Hall–Kier alpha value is 0.380. The fourth-order valence-electron chi connectivity index (χ4n) is 0.418. The van der Waals surface area contributed by atoms with E-state index in [0.29, 0.717) is 5.88 Å². The van der Waals surface area contributed by atoms with Crippen LogP contribution in [0.1, 0.15) is 6.92 Å². The molecule has 0 nitrogen and oxygen atoms in total. The van der Waals surface area contributed by atoms with Crippen LogP contribution in [-0.2, 0) is 0 Å². The molecule has 0 aromatic carbocycles. The van der Waals surface area contributed by atoms with Gasteiger partial charge in [0.05, 0.1) is 0 Å². The van der Waals surface area contributed by atoms with Crippen molar-refractivity contribution in [2.24, 2.45) is 0 Å². The molecular formula is C6H11ClS. The summed E-state index contributed by atoms with van der Waals surface area (Å²) in [6.07, 6.45) is 4.13. The number of alkyl halides is 1. The Bertz CT molecular complexity index is 78.6. The maximum Gasteiger partial charge on any atom is 0.0406 e. The third kappa shape index (κ3) is 4.54. The van der Waals surface area contributed by atoms with E-state index in [1.165, 1.54) is 5.57 Å². The van der Waals surface area contributed by atoms with E-state index in [0.717, 1.165) is 5.75 Å². The molecule has 0 N–H and O–H groups in total. The zero-order valence-corrected chi connectivity index (χ0v) is 6.85. The summed E-state index contributed by atoms with van der Waals surface area (Å²) >= 11 is 7.27. The van der Waals surface area contributed by atoms with Gasteiger partial charge in [0.2, 0.25) is 0 Å². The molecule has 0 amide bonds. The Morgan fingerprint density at radius 3 is 2.75 bits per heavy atom. The van der Waals surface area contributed by atoms with Gasteiger partial charge in [-0.25, -0.2) is 0 Å². The first-order valence-corrected chi connectivity index (χ1v) is 4.44. The zero-order valence-electron chi connectivity index (χ0n) is 5.28. The molecular weight excluding hydrogens is 140 g/mol. The predicted molar refractivity (Wildman–Crippen MR) is 42.9 cm³/mol. The lowest BCUT2D eigenvalue weighted by Crippen LogP contribution is -1.79. The van der Waals surface area contributed by atoms with Gasteiger partial charge in [0, 0.05) is 11.6 Å². The lowest BCUT2D eigenvalue weighted by molar-refractivity contribution is 1.38. The SMILES string of the molecule is CSC/C(C)=C/CCl. The van der Waals surface area contributed by atoms with Gasteiger partial charge >= 0.3 is 0 Å². The average Bonchev–Trinajstić information content (AvgIpc) is 1.68. The Morgan fingerprint density at radius 2 is 2.38 bits per heavy atom. The summed E-state index contributed by atoms with van der Waals surface area (Å²) in [5.74, 6) is 1.75. The molecule has 0 rings (SSSR count). The van der Waals surface area contributed by atoms with Gasteiger partial charge in [-0.05, 0) is 13.2 Å². The molecule has 0 heterocycles. The van der Waals surface area contributed by atoms with Crippen LogP contribution in [0.25, 0.3) is 0 Å². The van der Waals surface area contributed by atoms with E-state index >= 15 is 0 Å². The second-order valence-electron chi connectivity index (χ2n) is 1.64. The second kappa shape index (κ2) is 5.52. The van der Waals surface area contributed by atoms with Crippen LogP contribution in [0.3, 0.4) is 0 Å². The zero-order chi connectivity index (χ0) is 6.41. The monoisotopic (exact) mass is 150 g/mol. The molecule has 0 saturated carbocycles. The minimum atomic E-state index is 0.645. The van der Waals surface area contributed by atoms with Crippen LogP contribution in [-0.4, -0.2) is 17.9 Å². The molecule has 0 bridgehead atoms. The third-order valence-corrected chi connectivity index (χ3v) is 1.70. The summed E-state index contributed by atoms with van der Waals surface area (Å²) in [5, 5.41) is 0. The van der Waals surface area contributed by atoms with Gasteiger partial charge in [-0.15, -0.1) is 11.6 Å². The van der Waals surface area contributed by atoms with E-state index in [4.69, 9.17) is 11.6 Å². The minimum absolute atomic E-state index is 0.645. The molecule has 0 saturated heterocycles. The van der Waals surface area contributed by atoms with Gasteiger partial charge < -0.3 is 0 Å². The van der Waals surface area contributed by atoms with Crippen LogP contribution >= 0.6 is 23.4 Å². The molecule has 0 unspecified atom stereocenters. The van der Waals surface area contributed by atoms with E-state index in [-0.39, 0.29) is 0 Å². The van der Waals surface area contributed by atoms with Crippen molar-refractivity contribution in [1.82, 2.24) is 0 Å². The Morgan fingerprint density at radius 1 is 1.75 bits per heavy atom. The number of hydrogen-bond acceptors (Lipinski definition) is 1. The second-order valence-corrected chi connectivity index (χ2v) is 2.81. The van der Waals surface area contributed by atoms with E-state index in [1.54, 1.807) is 0 Å². The highest BCUT2D eigenvalue weighted by atomic mass is 35.5. The molecule has 0 radical (unpaired) electrons. The van der Waals surface area contributed by atoms with Crippen LogP contribution in [0.2, 0.25) is 0 Å². The third-order valence-electron chi connectivity index (χ3n) is 0.798. The van der Waals surface area contributed by atoms with E-state index in [1.807, 2.05) is 17.8 Å². The number of rotatable bonds is 3. The summed E-state index contributed by atoms with van der Waals surface area (Å²) in [6.45, 7) is 2.10. The normalized spacial score (nSPS) is 12.1. The average molecular weight is 151 g/mol. The van der Waals surface area contributed by atoms with E-state index < -0.39 is 0 Å². The van der Waals surface area contributed by atoms with Crippen LogP contribution in [0.15, 0.2) is 11.6 Å². The number of hydrogen-bond donors (Lipinski definition) is 0. The molecule has 48 valence electrons. The van der Waals surface area contributed by atoms with Crippen molar-refractivity contribution in [3.05, 3.63) is 11.6 Å². The molecule has 0 atom stereocenters.